The third-order valence-electron chi connectivity index (χ3n) is 2.07. The largest absolute Gasteiger partial charge is 0.497 e. The first kappa shape index (κ1) is 20.7. The highest BCUT2D eigenvalue weighted by molar-refractivity contribution is 7.97. The fraction of sp³-hybridized carbons (Fsp3) is 0.533. The van der Waals surface area contributed by atoms with E-state index in [1.54, 1.807) is 16.9 Å². The molecular formula is C15H26N2O4S. The number of carbonyl (C=O) groups is 1. The minimum absolute atomic E-state index is 0.0149. The predicted octanol–water partition coefficient (Wildman–Crippen LogP) is 2.16. The molecule has 0 fully saturated rings. The second-order valence-electron chi connectivity index (χ2n) is 5.12. The van der Waals surface area contributed by atoms with Gasteiger partial charge in [-0.25, -0.2) is 9.79 Å². The van der Waals surface area contributed by atoms with Gasteiger partial charge in [-0.2, -0.15) is 0 Å². The lowest BCUT2D eigenvalue weighted by Crippen LogP contribution is -2.33. The Morgan fingerprint density at radius 1 is 1.41 bits per heavy atom. The highest BCUT2D eigenvalue weighted by Gasteiger charge is 2.11. The average Bonchev–Trinajstić information content (AvgIpc) is 2.47. The highest BCUT2D eigenvalue weighted by Crippen LogP contribution is 2.25. The van der Waals surface area contributed by atoms with Crippen LogP contribution in [-0.4, -0.2) is 47.3 Å². The van der Waals surface area contributed by atoms with E-state index in [9.17, 15) is 4.79 Å². The predicted molar refractivity (Wildman–Crippen MR) is 88.0 cm³/mol. The maximum atomic E-state index is 11.1. The van der Waals surface area contributed by atoms with Gasteiger partial charge in [-0.05, 0) is 36.1 Å². The lowest BCUT2D eigenvalue weighted by atomic mass is 10.3. The Hall–Kier alpha value is -1.28. The summed E-state index contributed by atoms with van der Waals surface area (Å²) in [5.41, 5.74) is 1.56. The number of carbonyl (C=O) groups excluding carboxylic acids is 1. The number of methoxy groups -OCH3 is 1. The lowest BCUT2D eigenvalue weighted by Gasteiger charge is -2.18. The van der Waals surface area contributed by atoms with Gasteiger partial charge in [0.25, 0.3) is 5.91 Å². The number of aliphatic hydroxyl groups excluding tert-OH is 1. The van der Waals surface area contributed by atoms with E-state index in [-0.39, 0.29) is 13.2 Å². The molecule has 1 aromatic rings. The van der Waals surface area contributed by atoms with Crippen molar-refractivity contribution in [2.45, 2.75) is 25.7 Å². The van der Waals surface area contributed by atoms with Gasteiger partial charge in [0.2, 0.25) is 0 Å². The monoisotopic (exact) mass is 330 g/mol. The van der Waals surface area contributed by atoms with Crippen LogP contribution >= 0.6 is 11.9 Å². The Balaban J connectivity index is 0.000000980. The summed E-state index contributed by atoms with van der Waals surface area (Å²) in [6, 6.07) is 7.35. The summed E-state index contributed by atoms with van der Waals surface area (Å²) in [6.07, 6.45) is 0. The van der Waals surface area contributed by atoms with Gasteiger partial charge in [-0.1, -0.05) is 26.8 Å². The summed E-state index contributed by atoms with van der Waals surface area (Å²) in [4.78, 5) is 12.0. The number of aliphatic hydroxyl groups is 1. The van der Waals surface area contributed by atoms with Gasteiger partial charge >= 0.3 is 0 Å². The maximum Gasteiger partial charge on any atom is 0.258 e. The van der Waals surface area contributed by atoms with E-state index >= 15 is 0 Å². The highest BCUT2D eigenvalue weighted by atomic mass is 32.2. The Bertz CT molecular complexity index is 427. The second kappa shape index (κ2) is 12.3. The van der Waals surface area contributed by atoms with Crippen molar-refractivity contribution in [3.63, 3.8) is 0 Å². The van der Waals surface area contributed by atoms with Gasteiger partial charge in [-0.3, -0.25) is 10.0 Å². The van der Waals surface area contributed by atoms with Crippen LogP contribution in [-0.2, 0) is 4.79 Å². The molecule has 0 aliphatic carbocycles. The van der Waals surface area contributed by atoms with Gasteiger partial charge in [0, 0.05) is 11.4 Å². The zero-order valence-corrected chi connectivity index (χ0v) is 14.4. The molecule has 0 heterocycles. The third kappa shape index (κ3) is 10.4. The van der Waals surface area contributed by atoms with Crippen LogP contribution in [0.25, 0.3) is 0 Å². The van der Waals surface area contributed by atoms with Crippen LogP contribution in [0.3, 0.4) is 0 Å². The summed E-state index contributed by atoms with van der Waals surface area (Å²) >= 11 is 1.31. The number of hydrogen-bond donors (Lipinski definition) is 3. The van der Waals surface area contributed by atoms with Crippen molar-refractivity contribution in [1.82, 2.24) is 9.79 Å². The maximum absolute atomic E-state index is 11.1. The molecule has 3 N–H and O–H groups in total. The van der Waals surface area contributed by atoms with E-state index < -0.39 is 5.91 Å². The number of amides is 1. The molecule has 126 valence electrons. The van der Waals surface area contributed by atoms with Crippen molar-refractivity contribution in [3.8, 4) is 5.75 Å². The fourth-order valence-corrected chi connectivity index (χ4v) is 2.23. The topological polar surface area (TPSA) is 82.0 Å². The standard InChI is InChI=1S/C11H16N2O4S.C4H10/c1-17-9-3-2-4-10(7-9)18-13(5-6-14)8-11(15)12-16;1-4(2)3/h2-4,7,14,16H,5-6,8H2,1H3,(H,12,15);4H,1-3H3. The van der Waals surface area contributed by atoms with Crippen molar-refractivity contribution in [1.29, 1.82) is 0 Å². The molecule has 1 amide bonds. The van der Waals surface area contributed by atoms with Crippen LogP contribution < -0.4 is 10.2 Å². The molecule has 7 heteroatoms. The minimum Gasteiger partial charge on any atom is -0.497 e. The number of nitrogens with one attached hydrogen (secondary N) is 1. The van der Waals surface area contributed by atoms with E-state index in [4.69, 9.17) is 15.1 Å². The van der Waals surface area contributed by atoms with Crippen molar-refractivity contribution in [3.05, 3.63) is 24.3 Å². The Labute approximate surface area is 136 Å². The molecule has 0 bridgehead atoms. The van der Waals surface area contributed by atoms with Crippen molar-refractivity contribution in [2.75, 3.05) is 26.8 Å². The van der Waals surface area contributed by atoms with E-state index in [0.717, 1.165) is 16.6 Å². The molecule has 0 aliphatic heterocycles. The van der Waals surface area contributed by atoms with E-state index in [2.05, 4.69) is 20.8 Å². The number of nitrogens with zero attached hydrogens (tertiary/aromatic N) is 1. The van der Waals surface area contributed by atoms with E-state index in [0.29, 0.717) is 6.54 Å². The number of hydrogen-bond acceptors (Lipinski definition) is 6. The normalized spacial score (nSPS) is 10.2. The van der Waals surface area contributed by atoms with Crippen LogP contribution in [0.4, 0.5) is 0 Å². The van der Waals surface area contributed by atoms with Crippen LogP contribution in [0.5, 0.6) is 5.75 Å². The zero-order chi connectivity index (χ0) is 17.0. The molecule has 0 saturated carbocycles. The first-order valence-electron chi connectivity index (χ1n) is 7.03. The van der Waals surface area contributed by atoms with Gasteiger partial charge < -0.3 is 9.84 Å². The Kier molecular flexibility index (Phi) is 11.6. The molecule has 0 spiro atoms. The molecule has 0 unspecified atom stereocenters. The van der Waals surface area contributed by atoms with Crippen LogP contribution in [0.2, 0.25) is 0 Å². The molecule has 22 heavy (non-hydrogen) atoms. The number of benzene rings is 1. The van der Waals surface area contributed by atoms with Gasteiger partial charge in [0.05, 0.1) is 20.3 Å². The molecule has 0 atom stereocenters. The summed E-state index contributed by atoms with van der Waals surface area (Å²) in [5.74, 6) is 1.02. The van der Waals surface area contributed by atoms with Crippen molar-refractivity contribution < 1.29 is 19.8 Å². The third-order valence-corrected chi connectivity index (χ3v) is 3.10. The van der Waals surface area contributed by atoms with E-state index in [1.807, 2.05) is 24.3 Å². The molecule has 0 saturated heterocycles. The minimum atomic E-state index is -0.529. The number of hydroxylamine groups is 1. The zero-order valence-electron chi connectivity index (χ0n) is 13.6. The summed E-state index contributed by atoms with van der Waals surface area (Å²) in [7, 11) is 1.58. The van der Waals surface area contributed by atoms with Crippen LogP contribution in [0.15, 0.2) is 29.2 Å². The van der Waals surface area contributed by atoms with Crippen LogP contribution in [0, 0.1) is 5.92 Å². The summed E-state index contributed by atoms with van der Waals surface area (Å²) in [5, 5.41) is 17.4. The van der Waals surface area contributed by atoms with Gasteiger partial charge in [0.15, 0.2) is 0 Å². The smallest absolute Gasteiger partial charge is 0.258 e. The summed E-state index contributed by atoms with van der Waals surface area (Å²) in [6.45, 7) is 6.73. The fourth-order valence-electron chi connectivity index (χ4n) is 1.27. The number of rotatable bonds is 7. The molecular weight excluding hydrogens is 304 g/mol. The number of ether oxygens (including phenoxy) is 1. The quantitative estimate of drug-likeness (QED) is 0.404. The van der Waals surface area contributed by atoms with Crippen LogP contribution in [0.1, 0.15) is 20.8 Å². The molecule has 6 nitrogen and oxygen atoms in total. The lowest BCUT2D eigenvalue weighted by molar-refractivity contribution is -0.129. The van der Waals surface area contributed by atoms with Gasteiger partial charge in [-0.15, -0.1) is 0 Å². The molecule has 0 radical (unpaired) electrons. The molecule has 1 rings (SSSR count). The second-order valence-corrected chi connectivity index (χ2v) is 6.29. The summed E-state index contributed by atoms with van der Waals surface area (Å²) < 4.78 is 6.74. The van der Waals surface area contributed by atoms with Crippen molar-refractivity contribution in [2.24, 2.45) is 5.92 Å². The Morgan fingerprint density at radius 3 is 2.55 bits per heavy atom. The first-order chi connectivity index (χ1) is 10.4. The SMILES string of the molecule is CC(C)C.COc1cccc(SN(CCO)CC(=O)NO)c1. The van der Waals surface area contributed by atoms with Gasteiger partial charge in [0.1, 0.15) is 5.75 Å². The molecule has 1 aromatic carbocycles. The first-order valence-corrected chi connectivity index (χ1v) is 7.81. The Morgan fingerprint density at radius 2 is 2.05 bits per heavy atom. The van der Waals surface area contributed by atoms with E-state index in [1.165, 1.54) is 11.9 Å². The van der Waals surface area contributed by atoms with Crippen molar-refractivity contribution >= 4 is 17.9 Å². The molecule has 0 aromatic heterocycles. The average molecular weight is 330 g/mol. The molecule has 0 aliphatic rings.